The maximum absolute atomic E-state index is 11.9. The maximum Gasteiger partial charge on any atom is 0.309 e. The van der Waals surface area contributed by atoms with Gasteiger partial charge in [-0.25, -0.2) is 9.50 Å². The Kier molecular flexibility index (Phi) is 3.69. The van der Waals surface area contributed by atoms with Crippen LogP contribution in [0.2, 0.25) is 0 Å². The van der Waals surface area contributed by atoms with Crippen LogP contribution in [0.5, 0.6) is 0 Å². The molecule has 6 nitrogen and oxygen atoms in total. The molecular weight excluding hydrogens is 246 g/mol. The van der Waals surface area contributed by atoms with Crippen LogP contribution in [0.15, 0.2) is 16.9 Å². The van der Waals surface area contributed by atoms with Crippen molar-refractivity contribution in [3.8, 4) is 0 Å². The third kappa shape index (κ3) is 2.67. The summed E-state index contributed by atoms with van der Waals surface area (Å²) in [5.74, 6) is -0.643. The molecule has 0 aliphatic heterocycles. The molecular formula is C13H17N3O3. The Morgan fingerprint density at radius 2 is 2.11 bits per heavy atom. The average molecular weight is 263 g/mol. The lowest BCUT2D eigenvalue weighted by Crippen LogP contribution is -2.17. The Bertz CT molecular complexity index is 653. The second-order valence-electron chi connectivity index (χ2n) is 4.57. The second kappa shape index (κ2) is 5.26. The first-order valence-electron chi connectivity index (χ1n) is 6.38. The average Bonchev–Trinajstić information content (AvgIpc) is 2.74. The highest BCUT2D eigenvalue weighted by Crippen LogP contribution is 2.21. The number of rotatable bonds is 5. The summed E-state index contributed by atoms with van der Waals surface area (Å²) in [5.41, 5.74) is 1.44. The van der Waals surface area contributed by atoms with Crippen molar-refractivity contribution in [2.45, 2.75) is 39.0 Å². The third-order valence-corrected chi connectivity index (χ3v) is 3.28. The summed E-state index contributed by atoms with van der Waals surface area (Å²) in [6, 6.07) is 3.08. The molecule has 2 aromatic heterocycles. The van der Waals surface area contributed by atoms with Gasteiger partial charge >= 0.3 is 5.97 Å². The van der Waals surface area contributed by atoms with Crippen molar-refractivity contribution in [2.75, 3.05) is 0 Å². The molecule has 2 rings (SSSR count). The molecule has 2 aromatic rings. The van der Waals surface area contributed by atoms with E-state index < -0.39 is 5.97 Å². The molecule has 0 atom stereocenters. The monoisotopic (exact) mass is 263 g/mol. The number of hydrogen-bond donors (Lipinski definition) is 2. The van der Waals surface area contributed by atoms with Gasteiger partial charge in [-0.1, -0.05) is 13.8 Å². The number of aromatic amines is 1. The first-order valence-corrected chi connectivity index (χ1v) is 6.38. The van der Waals surface area contributed by atoms with Crippen LogP contribution in [-0.4, -0.2) is 25.7 Å². The number of aliphatic carboxylic acids is 1. The van der Waals surface area contributed by atoms with Gasteiger partial charge in [0.2, 0.25) is 0 Å². The Labute approximate surface area is 110 Å². The highest BCUT2D eigenvalue weighted by molar-refractivity contribution is 5.69. The molecule has 19 heavy (non-hydrogen) atoms. The van der Waals surface area contributed by atoms with Crippen LogP contribution in [0.25, 0.3) is 5.65 Å². The smallest absolute Gasteiger partial charge is 0.309 e. The van der Waals surface area contributed by atoms with Gasteiger partial charge in [-0.2, -0.15) is 0 Å². The first-order chi connectivity index (χ1) is 9.05. The number of nitrogens with one attached hydrogen (secondary N) is 1. The minimum Gasteiger partial charge on any atom is -0.481 e. The lowest BCUT2D eigenvalue weighted by molar-refractivity contribution is -0.136. The number of carbonyl (C=O) groups is 1. The molecule has 0 aliphatic rings. The van der Waals surface area contributed by atoms with E-state index in [1.807, 2.05) is 6.07 Å². The molecule has 0 amide bonds. The van der Waals surface area contributed by atoms with Gasteiger partial charge in [-0.3, -0.25) is 14.7 Å². The first kappa shape index (κ1) is 13.3. The van der Waals surface area contributed by atoms with E-state index in [9.17, 15) is 9.59 Å². The predicted octanol–water partition coefficient (Wildman–Crippen LogP) is 1.55. The fourth-order valence-corrected chi connectivity index (χ4v) is 2.24. The Hall–Kier alpha value is -2.11. The summed E-state index contributed by atoms with van der Waals surface area (Å²) in [6.45, 7) is 4.18. The van der Waals surface area contributed by atoms with Gasteiger partial charge in [0, 0.05) is 23.7 Å². The molecule has 0 aliphatic carbocycles. The van der Waals surface area contributed by atoms with Gasteiger partial charge in [0.05, 0.1) is 12.1 Å². The van der Waals surface area contributed by atoms with Gasteiger partial charge in [0.1, 0.15) is 0 Å². The number of fused-ring (bicyclic) bond motifs is 1. The molecule has 0 aromatic carbocycles. The fraction of sp³-hybridized carbons (Fsp3) is 0.462. The Morgan fingerprint density at radius 3 is 2.68 bits per heavy atom. The van der Waals surface area contributed by atoms with Crippen molar-refractivity contribution in [3.05, 3.63) is 33.9 Å². The lowest BCUT2D eigenvalue weighted by atomic mass is 10.00. The van der Waals surface area contributed by atoms with Crippen molar-refractivity contribution in [1.82, 2.24) is 14.6 Å². The summed E-state index contributed by atoms with van der Waals surface area (Å²) in [6.07, 6.45) is 1.71. The summed E-state index contributed by atoms with van der Waals surface area (Å²) in [7, 11) is 0. The number of aromatic nitrogens is 3. The van der Waals surface area contributed by atoms with E-state index in [-0.39, 0.29) is 17.7 Å². The summed E-state index contributed by atoms with van der Waals surface area (Å²) >= 11 is 0. The quantitative estimate of drug-likeness (QED) is 0.856. The van der Waals surface area contributed by atoms with E-state index in [1.165, 1.54) is 10.6 Å². The Balaban J connectivity index is 2.50. The number of carboxylic acid groups (broad SMARTS) is 1. The molecule has 0 bridgehead atoms. The third-order valence-electron chi connectivity index (χ3n) is 3.28. The minimum atomic E-state index is -0.994. The molecule has 6 heteroatoms. The molecule has 0 saturated carbocycles. The van der Waals surface area contributed by atoms with Gasteiger partial charge in [-0.15, -0.1) is 0 Å². The number of carboxylic acids is 1. The van der Waals surface area contributed by atoms with E-state index in [4.69, 9.17) is 5.11 Å². The Morgan fingerprint density at radius 1 is 1.42 bits per heavy atom. The number of H-pyrrole nitrogens is 1. The SMILES string of the molecule is CCC(CC)c1cc2nc(CC(=O)O)cc(=O)n2[nH]1. The highest BCUT2D eigenvalue weighted by atomic mass is 16.4. The van der Waals surface area contributed by atoms with Gasteiger partial charge in [-0.05, 0) is 12.8 Å². The normalized spacial score (nSPS) is 11.3. The number of nitrogens with zero attached hydrogens (tertiary/aromatic N) is 2. The molecule has 0 radical (unpaired) electrons. The topological polar surface area (TPSA) is 87.5 Å². The minimum absolute atomic E-state index is 0.239. The van der Waals surface area contributed by atoms with Crippen molar-refractivity contribution in [1.29, 1.82) is 0 Å². The molecule has 102 valence electrons. The van der Waals surface area contributed by atoms with Crippen LogP contribution >= 0.6 is 0 Å². The number of hydrogen-bond acceptors (Lipinski definition) is 3. The highest BCUT2D eigenvalue weighted by Gasteiger charge is 2.13. The van der Waals surface area contributed by atoms with Gasteiger partial charge in [0.25, 0.3) is 5.56 Å². The lowest BCUT2D eigenvalue weighted by Gasteiger charge is -2.08. The van der Waals surface area contributed by atoms with E-state index in [0.717, 1.165) is 18.5 Å². The largest absolute Gasteiger partial charge is 0.481 e. The van der Waals surface area contributed by atoms with E-state index in [1.54, 1.807) is 0 Å². The van der Waals surface area contributed by atoms with Crippen LogP contribution < -0.4 is 5.56 Å². The summed E-state index contributed by atoms with van der Waals surface area (Å²) in [5, 5.41) is 11.8. The zero-order valence-electron chi connectivity index (χ0n) is 11.0. The molecule has 2 N–H and O–H groups in total. The van der Waals surface area contributed by atoms with E-state index in [0.29, 0.717) is 11.6 Å². The van der Waals surface area contributed by atoms with Crippen molar-refractivity contribution in [2.24, 2.45) is 0 Å². The van der Waals surface area contributed by atoms with Gasteiger partial charge in [0.15, 0.2) is 5.65 Å². The zero-order chi connectivity index (χ0) is 14.0. The van der Waals surface area contributed by atoms with E-state index in [2.05, 4.69) is 23.9 Å². The second-order valence-corrected chi connectivity index (χ2v) is 4.57. The molecule has 0 unspecified atom stereocenters. The van der Waals surface area contributed by atoms with Crippen LogP contribution in [0.3, 0.4) is 0 Å². The standard InChI is InChI=1S/C13H17N3O3/c1-3-8(4-2)10-7-11-14-9(6-13(18)19)5-12(17)16(11)15-10/h5,7-8,15H,3-4,6H2,1-2H3,(H,18,19). The van der Waals surface area contributed by atoms with Gasteiger partial charge < -0.3 is 5.11 Å². The van der Waals surface area contributed by atoms with Crippen LogP contribution in [-0.2, 0) is 11.2 Å². The maximum atomic E-state index is 11.9. The summed E-state index contributed by atoms with van der Waals surface area (Å²) in [4.78, 5) is 26.8. The molecule has 0 fully saturated rings. The fourth-order valence-electron chi connectivity index (χ4n) is 2.24. The molecule has 0 saturated heterocycles. The predicted molar refractivity (Wildman–Crippen MR) is 70.5 cm³/mol. The van der Waals surface area contributed by atoms with Crippen LogP contribution in [0.1, 0.15) is 44.0 Å². The molecule has 0 spiro atoms. The van der Waals surface area contributed by atoms with Crippen molar-refractivity contribution in [3.63, 3.8) is 0 Å². The molecule has 2 heterocycles. The van der Waals surface area contributed by atoms with E-state index >= 15 is 0 Å². The summed E-state index contributed by atoms with van der Waals surface area (Å²) < 4.78 is 1.36. The van der Waals surface area contributed by atoms with Crippen LogP contribution in [0.4, 0.5) is 0 Å². The zero-order valence-corrected chi connectivity index (χ0v) is 11.0. The van der Waals surface area contributed by atoms with Crippen molar-refractivity contribution >= 4 is 11.6 Å². The van der Waals surface area contributed by atoms with Crippen LogP contribution in [0, 0.1) is 0 Å². The van der Waals surface area contributed by atoms with Crippen molar-refractivity contribution < 1.29 is 9.90 Å².